The minimum atomic E-state index is 0.490. The molecule has 0 aliphatic carbocycles. The molecule has 0 amide bonds. The Hall–Kier alpha value is -2.17. The highest BCUT2D eigenvalue weighted by Gasteiger charge is 2.23. The first-order valence-electron chi connectivity index (χ1n) is 9.56. The first-order chi connectivity index (χ1) is 13.2. The molecule has 140 valence electrons. The zero-order valence-electron chi connectivity index (χ0n) is 15.7. The van der Waals surface area contributed by atoms with Crippen LogP contribution in [0.2, 0.25) is 5.02 Å². The Morgan fingerprint density at radius 3 is 2.78 bits per heavy atom. The summed E-state index contributed by atoms with van der Waals surface area (Å²) in [5.41, 5.74) is 3.58. The number of aryl methyl sites for hydroxylation is 1. The zero-order valence-corrected chi connectivity index (χ0v) is 16.4. The van der Waals surface area contributed by atoms with Crippen LogP contribution >= 0.6 is 11.6 Å². The number of nitrogens with zero attached hydrogens (tertiary/aromatic N) is 4. The molecule has 3 heterocycles. The average molecular weight is 381 g/mol. The number of halogens is 1. The molecule has 5 heteroatoms. The number of pyridine rings is 1. The Morgan fingerprint density at radius 1 is 1.15 bits per heavy atom. The summed E-state index contributed by atoms with van der Waals surface area (Å²) >= 11 is 5.99. The predicted molar refractivity (Wildman–Crippen MR) is 109 cm³/mol. The van der Waals surface area contributed by atoms with E-state index in [1.807, 2.05) is 24.5 Å². The lowest BCUT2D eigenvalue weighted by atomic mass is 9.94. The van der Waals surface area contributed by atoms with Gasteiger partial charge >= 0.3 is 0 Å². The molecule has 2 aromatic heterocycles. The van der Waals surface area contributed by atoms with E-state index in [9.17, 15) is 0 Å². The summed E-state index contributed by atoms with van der Waals surface area (Å²) in [6, 6.07) is 14.5. The monoisotopic (exact) mass is 380 g/mol. The van der Waals surface area contributed by atoms with Crippen molar-refractivity contribution in [2.75, 3.05) is 13.1 Å². The van der Waals surface area contributed by atoms with Crippen LogP contribution in [0.3, 0.4) is 0 Å². The molecule has 4 rings (SSSR count). The van der Waals surface area contributed by atoms with Gasteiger partial charge < -0.3 is 4.57 Å². The molecule has 3 aromatic rings. The van der Waals surface area contributed by atoms with E-state index in [0.29, 0.717) is 5.92 Å². The van der Waals surface area contributed by atoms with Crippen LogP contribution in [0, 0.1) is 0 Å². The van der Waals surface area contributed by atoms with Crippen LogP contribution in [0.25, 0.3) is 0 Å². The summed E-state index contributed by atoms with van der Waals surface area (Å²) in [7, 11) is 2.06. The van der Waals surface area contributed by atoms with E-state index in [2.05, 4.69) is 51.8 Å². The van der Waals surface area contributed by atoms with Gasteiger partial charge in [-0.05, 0) is 49.2 Å². The summed E-state index contributed by atoms with van der Waals surface area (Å²) in [5, 5.41) is 0.774. The van der Waals surface area contributed by atoms with Gasteiger partial charge in [-0.2, -0.15) is 0 Å². The van der Waals surface area contributed by atoms with Crippen molar-refractivity contribution in [3.63, 3.8) is 0 Å². The lowest BCUT2D eigenvalue weighted by molar-refractivity contribution is 0.192. The molecule has 0 radical (unpaired) electrons. The van der Waals surface area contributed by atoms with Crippen molar-refractivity contribution in [3.8, 4) is 0 Å². The van der Waals surface area contributed by atoms with Crippen molar-refractivity contribution in [2.24, 2.45) is 7.05 Å². The molecule has 4 nitrogen and oxygen atoms in total. The Balaban J connectivity index is 1.44. The first-order valence-corrected chi connectivity index (χ1v) is 9.94. The molecule has 1 aliphatic heterocycles. The Bertz CT molecular complexity index is 887. The van der Waals surface area contributed by atoms with Gasteiger partial charge in [-0.15, -0.1) is 0 Å². The molecule has 0 N–H and O–H groups in total. The highest BCUT2D eigenvalue weighted by Crippen LogP contribution is 2.27. The number of imidazole rings is 1. The van der Waals surface area contributed by atoms with E-state index in [1.54, 1.807) is 0 Å². The summed E-state index contributed by atoms with van der Waals surface area (Å²) in [6.07, 6.45) is 7.14. The second-order valence-electron chi connectivity index (χ2n) is 7.39. The number of aromatic nitrogens is 3. The van der Waals surface area contributed by atoms with Gasteiger partial charge in [0.2, 0.25) is 0 Å². The molecule has 27 heavy (non-hydrogen) atoms. The van der Waals surface area contributed by atoms with Crippen LogP contribution < -0.4 is 0 Å². The lowest BCUT2D eigenvalue weighted by Crippen LogP contribution is -2.35. The summed E-state index contributed by atoms with van der Waals surface area (Å²) in [5.74, 6) is 1.62. The zero-order chi connectivity index (χ0) is 18.6. The fraction of sp³-hybridized carbons (Fsp3) is 0.364. The largest absolute Gasteiger partial charge is 0.337 e. The molecule has 0 spiro atoms. The van der Waals surface area contributed by atoms with Gasteiger partial charge in [-0.25, -0.2) is 4.98 Å². The maximum Gasteiger partial charge on any atom is 0.122 e. The average Bonchev–Trinajstić information content (AvgIpc) is 3.09. The van der Waals surface area contributed by atoms with Gasteiger partial charge in [0.25, 0.3) is 0 Å². The smallest absolute Gasteiger partial charge is 0.122 e. The lowest BCUT2D eigenvalue weighted by Gasteiger charge is -2.32. The first kappa shape index (κ1) is 18.2. The Labute approximate surface area is 165 Å². The van der Waals surface area contributed by atoms with E-state index in [0.717, 1.165) is 42.6 Å². The minimum Gasteiger partial charge on any atom is -0.337 e. The second kappa shape index (κ2) is 8.24. The van der Waals surface area contributed by atoms with E-state index >= 15 is 0 Å². The standard InChI is InChI=1S/C22H25ClN4/c1-26-13-11-24-22(26)16-27-12-3-4-18(15-27)21-6-2-5-20(25-21)14-17-7-9-19(23)10-8-17/h2,5-11,13,18H,3-4,12,14-16H2,1H3/t18-/m1/s1. The maximum atomic E-state index is 5.99. The van der Waals surface area contributed by atoms with Gasteiger partial charge in [0.1, 0.15) is 5.82 Å². The van der Waals surface area contributed by atoms with E-state index in [1.165, 1.54) is 24.1 Å². The van der Waals surface area contributed by atoms with Crippen molar-refractivity contribution >= 4 is 11.6 Å². The summed E-state index contributed by atoms with van der Waals surface area (Å²) < 4.78 is 2.11. The highest BCUT2D eigenvalue weighted by atomic mass is 35.5. The normalized spacial score (nSPS) is 17.9. The van der Waals surface area contributed by atoms with E-state index < -0.39 is 0 Å². The number of piperidine rings is 1. The van der Waals surface area contributed by atoms with Crippen molar-refractivity contribution < 1.29 is 0 Å². The second-order valence-corrected chi connectivity index (χ2v) is 7.82. The van der Waals surface area contributed by atoms with Gasteiger partial charge in [-0.3, -0.25) is 9.88 Å². The summed E-state index contributed by atoms with van der Waals surface area (Å²) in [6.45, 7) is 3.09. The van der Waals surface area contributed by atoms with Crippen LogP contribution in [0.1, 0.15) is 41.5 Å². The van der Waals surface area contributed by atoms with Gasteiger partial charge in [0.05, 0.1) is 6.54 Å². The molecular weight excluding hydrogens is 356 g/mol. The molecule has 1 saturated heterocycles. The molecule has 1 aromatic carbocycles. The van der Waals surface area contributed by atoms with Crippen LogP contribution in [-0.4, -0.2) is 32.5 Å². The highest BCUT2D eigenvalue weighted by molar-refractivity contribution is 6.30. The topological polar surface area (TPSA) is 34.0 Å². The van der Waals surface area contributed by atoms with Crippen LogP contribution in [0.15, 0.2) is 54.9 Å². The third-order valence-electron chi connectivity index (χ3n) is 5.34. The van der Waals surface area contributed by atoms with Gasteiger partial charge in [-0.1, -0.05) is 29.8 Å². The van der Waals surface area contributed by atoms with E-state index in [4.69, 9.17) is 16.6 Å². The number of hydrogen-bond donors (Lipinski definition) is 0. The molecule has 1 atom stereocenters. The van der Waals surface area contributed by atoms with Crippen molar-refractivity contribution in [1.29, 1.82) is 0 Å². The van der Waals surface area contributed by atoms with Crippen molar-refractivity contribution in [1.82, 2.24) is 19.4 Å². The third kappa shape index (κ3) is 4.57. The number of likely N-dealkylation sites (tertiary alicyclic amines) is 1. The molecule has 1 fully saturated rings. The predicted octanol–water partition coefficient (Wildman–Crippen LogP) is 4.44. The number of hydrogen-bond acceptors (Lipinski definition) is 3. The maximum absolute atomic E-state index is 5.99. The Kier molecular flexibility index (Phi) is 5.55. The SMILES string of the molecule is Cn1ccnc1CN1CCC[C@@H](c2cccc(Cc3ccc(Cl)cc3)n2)C1. The fourth-order valence-electron chi connectivity index (χ4n) is 3.82. The van der Waals surface area contributed by atoms with E-state index in [-0.39, 0.29) is 0 Å². The number of benzene rings is 1. The van der Waals surface area contributed by atoms with Crippen molar-refractivity contribution in [2.45, 2.75) is 31.7 Å². The van der Waals surface area contributed by atoms with Crippen molar-refractivity contribution in [3.05, 3.63) is 82.7 Å². The quantitative estimate of drug-likeness (QED) is 0.656. The molecule has 0 saturated carbocycles. The van der Waals surface area contributed by atoms with Gasteiger partial charge in [0, 0.05) is 54.7 Å². The Morgan fingerprint density at radius 2 is 2.00 bits per heavy atom. The minimum absolute atomic E-state index is 0.490. The van der Waals surface area contributed by atoms with Crippen LogP contribution in [-0.2, 0) is 20.0 Å². The third-order valence-corrected chi connectivity index (χ3v) is 5.59. The molecule has 0 bridgehead atoms. The molecular formula is C22H25ClN4. The van der Waals surface area contributed by atoms with Crippen LogP contribution in [0.4, 0.5) is 0 Å². The number of rotatable bonds is 5. The van der Waals surface area contributed by atoms with Crippen LogP contribution in [0.5, 0.6) is 0 Å². The van der Waals surface area contributed by atoms with Gasteiger partial charge in [0.15, 0.2) is 0 Å². The summed E-state index contributed by atoms with van der Waals surface area (Å²) in [4.78, 5) is 12.0. The molecule has 0 unspecified atom stereocenters. The molecule has 1 aliphatic rings. The fourth-order valence-corrected chi connectivity index (χ4v) is 3.95.